The van der Waals surface area contributed by atoms with E-state index in [-0.39, 0.29) is 22.8 Å². The zero-order valence-corrected chi connectivity index (χ0v) is 17.3. The van der Waals surface area contributed by atoms with Gasteiger partial charge in [0.15, 0.2) is 0 Å². The van der Waals surface area contributed by atoms with Gasteiger partial charge in [-0.05, 0) is 56.8 Å². The van der Waals surface area contributed by atoms with E-state index in [0.717, 1.165) is 32.1 Å². The second-order valence-corrected chi connectivity index (χ2v) is 10.2. The molecule has 1 amide bonds. The van der Waals surface area contributed by atoms with E-state index in [1.165, 1.54) is 19.3 Å². The number of halogens is 2. The monoisotopic (exact) mass is 430 g/mol. The van der Waals surface area contributed by atoms with Gasteiger partial charge in [0.2, 0.25) is 5.91 Å². The molecule has 2 aliphatic carbocycles. The van der Waals surface area contributed by atoms with Gasteiger partial charge in [-0.1, -0.05) is 35.2 Å². The standard InChI is InChI=1S/C20H32BrFN2O2/c1-12-9-17-14(10-24(12)18(26)11-25)15-7-8-16(21)19(22)20(15,23-17)13-5-3-2-4-6-13/h12-17,19,23,25H,2-11H2,1H3/t12-,14?,15?,16?,17?,19?,20?/m1/s1. The zero-order chi connectivity index (χ0) is 18.5. The van der Waals surface area contributed by atoms with Crippen molar-refractivity contribution < 1.29 is 14.3 Å². The number of piperidine rings is 1. The van der Waals surface area contributed by atoms with Crippen LogP contribution in [-0.2, 0) is 4.79 Å². The van der Waals surface area contributed by atoms with Gasteiger partial charge in [-0.25, -0.2) is 4.39 Å². The van der Waals surface area contributed by atoms with Gasteiger partial charge in [0.25, 0.3) is 0 Å². The number of nitrogens with one attached hydrogen (secondary N) is 1. The Balaban J connectivity index is 1.66. The van der Waals surface area contributed by atoms with E-state index in [0.29, 0.717) is 24.3 Å². The van der Waals surface area contributed by atoms with E-state index in [1.54, 1.807) is 0 Å². The molecule has 4 nitrogen and oxygen atoms in total. The molecule has 2 N–H and O–H groups in total. The van der Waals surface area contributed by atoms with E-state index in [1.807, 2.05) is 4.90 Å². The van der Waals surface area contributed by atoms with Crippen molar-refractivity contribution >= 4 is 21.8 Å². The second-order valence-electron chi connectivity index (χ2n) is 9.07. The summed E-state index contributed by atoms with van der Waals surface area (Å²) in [5.41, 5.74) is -0.430. The quantitative estimate of drug-likeness (QED) is 0.661. The molecule has 0 aromatic heterocycles. The van der Waals surface area contributed by atoms with Crippen LogP contribution in [0, 0.1) is 17.8 Å². The minimum atomic E-state index is -0.868. The number of amides is 1. The number of likely N-dealkylation sites (tertiary alicyclic amines) is 1. The number of aliphatic hydroxyl groups is 1. The van der Waals surface area contributed by atoms with Crippen LogP contribution in [0.25, 0.3) is 0 Å². The Bertz CT molecular complexity index is 544. The van der Waals surface area contributed by atoms with E-state index in [9.17, 15) is 9.90 Å². The average molecular weight is 431 g/mol. The van der Waals surface area contributed by atoms with Crippen molar-refractivity contribution in [2.24, 2.45) is 17.8 Å². The maximum atomic E-state index is 15.8. The lowest BCUT2D eigenvalue weighted by molar-refractivity contribution is -0.139. The highest BCUT2D eigenvalue weighted by Gasteiger charge is 2.64. The Hall–Kier alpha value is -0.200. The van der Waals surface area contributed by atoms with Crippen LogP contribution in [0.15, 0.2) is 0 Å². The molecule has 2 saturated heterocycles. The van der Waals surface area contributed by atoms with Gasteiger partial charge in [-0.2, -0.15) is 0 Å². The number of carbonyl (C=O) groups excluding carboxylic acids is 1. The van der Waals surface area contributed by atoms with E-state index in [2.05, 4.69) is 28.2 Å². The number of fused-ring (bicyclic) bond motifs is 3. The maximum absolute atomic E-state index is 15.8. The summed E-state index contributed by atoms with van der Waals surface area (Å²) >= 11 is 3.64. The molecule has 0 radical (unpaired) electrons. The first-order chi connectivity index (χ1) is 12.5. The molecule has 2 heterocycles. The zero-order valence-electron chi connectivity index (χ0n) is 15.7. The summed E-state index contributed by atoms with van der Waals surface area (Å²) in [4.78, 5) is 14.0. The Morgan fingerprint density at radius 3 is 2.69 bits per heavy atom. The first-order valence-electron chi connectivity index (χ1n) is 10.4. The summed E-state index contributed by atoms with van der Waals surface area (Å²) < 4.78 is 15.8. The fourth-order valence-corrected chi connectivity index (χ4v) is 7.45. The molecule has 0 bridgehead atoms. The third-order valence-electron chi connectivity index (χ3n) is 7.88. The normalized spacial score (nSPS) is 46.7. The lowest BCUT2D eigenvalue weighted by atomic mass is 9.60. The first kappa shape index (κ1) is 19.1. The third-order valence-corrected chi connectivity index (χ3v) is 8.80. The van der Waals surface area contributed by atoms with Crippen molar-refractivity contribution in [1.29, 1.82) is 0 Å². The Morgan fingerprint density at radius 1 is 1.27 bits per heavy atom. The third kappa shape index (κ3) is 2.86. The SMILES string of the molecule is C[C@@H]1CC2NC3(C4CCCCC4)C(F)C(Br)CCC3C2CN1C(=O)CO. The van der Waals surface area contributed by atoms with Gasteiger partial charge in [-0.15, -0.1) is 0 Å². The van der Waals surface area contributed by atoms with Crippen molar-refractivity contribution in [3.8, 4) is 0 Å². The molecule has 0 aromatic rings. The molecular weight excluding hydrogens is 399 g/mol. The average Bonchev–Trinajstić information content (AvgIpc) is 2.99. The number of alkyl halides is 2. The fourth-order valence-electron chi connectivity index (χ4n) is 6.75. The lowest BCUT2D eigenvalue weighted by Crippen LogP contribution is -2.64. The van der Waals surface area contributed by atoms with E-state index < -0.39 is 18.3 Å². The predicted molar refractivity (Wildman–Crippen MR) is 103 cm³/mol. The number of nitrogens with zero attached hydrogens (tertiary/aromatic N) is 1. The fraction of sp³-hybridized carbons (Fsp3) is 0.950. The van der Waals surface area contributed by atoms with Gasteiger partial charge < -0.3 is 15.3 Å². The van der Waals surface area contributed by atoms with Crippen LogP contribution in [0.4, 0.5) is 4.39 Å². The molecule has 4 fully saturated rings. The Kier molecular flexibility index (Phi) is 5.39. The first-order valence-corrected chi connectivity index (χ1v) is 11.4. The van der Waals surface area contributed by atoms with Crippen LogP contribution in [-0.4, -0.2) is 57.7 Å². The molecular formula is C20H32BrFN2O2. The largest absolute Gasteiger partial charge is 0.387 e. The summed E-state index contributed by atoms with van der Waals surface area (Å²) in [6.07, 6.45) is 7.83. The minimum Gasteiger partial charge on any atom is -0.387 e. The molecule has 148 valence electrons. The van der Waals surface area contributed by atoms with Crippen LogP contribution in [0.1, 0.15) is 58.3 Å². The number of carbonyl (C=O) groups is 1. The molecule has 4 aliphatic rings. The van der Waals surface area contributed by atoms with Gasteiger partial charge in [-0.3, -0.25) is 4.79 Å². The van der Waals surface area contributed by atoms with Gasteiger partial charge in [0.05, 0.1) is 5.54 Å². The van der Waals surface area contributed by atoms with E-state index >= 15 is 4.39 Å². The summed E-state index contributed by atoms with van der Waals surface area (Å²) in [6.45, 7) is 2.29. The highest BCUT2D eigenvalue weighted by molar-refractivity contribution is 9.09. The molecule has 4 rings (SSSR count). The highest BCUT2D eigenvalue weighted by atomic mass is 79.9. The van der Waals surface area contributed by atoms with Crippen molar-refractivity contribution in [1.82, 2.24) is 10.2 Å². The number of rotatable bonds is 2. The molecule has 0 aromatic carbocycles. The van der Waals surface area contributed by atoms with Crippen LogP contribution in [0.2, 0.25) is 0 Å². The maximum Gasteiger partial charge on any atom is 0.248 e. The number of aliphatic hydroxyl groups excluding tert-OH is 1. The van der Waals surface area contributed by atoms with Crippen LogP contribution < -0.4 is 5.32 Å². The number of hydrogen-bond acceptors (Lipinski definition) is 3. The summed E-state index contributed by atoms with van der Waals surface area (Å²) in [6, 6.07) is 0.389. The van der Waals surface area contributed by atoms with Crippen molar-refractivity contribution in [3.63, 3.8) is 0 Å². The Labute approximate surface area is 164 Å². The summed E-state index contributed by atoms with van der Waals surface area (Å²) in [5, 5.41) is 13.2. The van der Waals surface area contributed by atoms with Gasteiger partial charge in [0.1, 0.15) is 12.8 Å². The molecule has 7 atom stereocenters. The van der Waals surface area contributed by atoms with Gasteiger partial charge >= 0.3 is 0 Å². The van der Waals surface area contributed by atoms with Crippen LogP contribution in [0.3, 0.4) is 0 Å². The second kappa shape index (κ2) is 7.32. The summed E-state index contributed by atoms with van der Waals surface area (Å²) in [5.74, 6) is 0.819. The topological polar surface area (TPSA) is 52.6 Å². The molecule has 0 spiro atoms. The van der Waals surface area contributed by atoms with Crippen molar-refractivity contribution in [3.05, 3.63) is 0 Å². The Morgan fingerprint density at radius 2 is 2.00 bits per heavy atom. The van der Waals surface area contributed by atoms with Crippen LogP contribution >= 0.6 is 15.9 Å². The number of hydrogen-bond donors (Lipinski definition) is 2. The summed E-state index contributed by atoms with van der Waals surface area (Å²) in [7, 11) is 0. The van der Waals surface area contributed by atoms with E-state index in [4.69, 9.17) is 0 Å². The van der Waals surface area contributed by atoms with Crippen molar-refractivity contribution in [2.45, 2.75) is 86.9 Å². The smallest absolute Gasteiger partial charge is 0.248 e. The molecule has 6 heteroatoms. The van der Waals surface area contributed by atoms with Crippen molar-refractivity contribution in [2.75, 3.05) is 13.2 Å². The molecule has 6 unspecified atom stereocenters. The molecule has 2 saturated carbocycles. The minimum absolute atomic E-state index is 0.0686. The predicted octanol–water partition coefficient (Wildman–Crippen LogP) is 3.02. The van der Waals surface area contributed by atoms with Gasteiger partial charge in [0, 0.05) is 23.5 Å². The van der Waals surface area contributed by atoms with Crippen LogP contribution in [0.5, 0.6) is 0 Å². The highest BCUT2D eigenvalue weighted by Crippen LogP contribution is 2.56. The molecule has 2 aliphatic heterocycles. The molecule has 26 heavy (non-hydrogen) atoms. The lowest BCUT2D eigenvalue weighted by Gasteiger charge is -2.51.